The van der Waals surface area contributed by atoms with E-state index in [0.717, 1.165) is 12.0 Å². The first-order valence-electron chi connectivity index (χ1n) is 7.92. The van der Waals surface area contributed by atoms with Crippen molar-refractivity contribution in [3.8, 4) is 0 Å². The summed E-state index contributed by atoms with van der Waals surface area (Å²) in [5.41, 5.74) is 0.177. The fourth-order valence-electron chi connectivity index (χ4n) is 3.27. The quantitative estimate of drug-likeness (QED) is 0.929. The van der Waals surface area contributed by atoms with Gasteiger partial charge >= 0.3 is 5.97 Å². The number of carboxylic acid groups (broad SMARTS) is 1. The van der Waals surface area contributed by atoms with Gasteiger partial charge in [0.25, 0.3) is 0 Å². The molecule has 0 bridgehead atoms. The summed E-state index contributed by atoms with van der Waals surface area (Å²) in [4.78, 5) is 26.2. The number of piperidine rings is 1. The van der Waals surface area contributed by atoms with Crippen molar-refractivity contribution in [3.63, 3.8) is 0 Å². The number of amides is 1. The Kier molecular flexibility index (Phi) is 4.89. The standard InChI is InChI=1S/C18H25NO3/c1-13(2)15(14-8-5-4-6-9-14)16(20)19-11-7-10-18(3,12-19)17(21)22/h4-6,8-9,13,15H,7,10-12H2,1-3H3,(H,21,22). The number of hydrogen-bond acceptors (Lipinski definition) is 2. The van der Waals surface area contributed by atoms with Gasteiger partial charge in [-0.3, -0.25) is 9.59 Å². The Morgan fingerprint density at radius 2 is 1.86 bits per heavy atom. The largest absolute Gasteiger partial charge is 0.481 e. The van der Waals surface area contributed by atoms with E-state index in [0.29, 0.717) is 19.5 Å². The number of likely N-dealkylation sites (tertiary alicyclic amines) is 1. The predicted octanol–water partition coefficient (Wildman–Crippen LogP) is 3.14. The maximum Gasteiger partial charge on any atom is 0.311 e. The van der Waals surface area contributed by atoms with E-state index < -0.39 is 11.4 Å². The van der Waals surface area contributed by atoms with Crippen molar-refractivity contribution in [2.75, 3.05) is 13.1 Å². The number of carbonyl (C=O) groups is 2. The van der Waals surface area contributed by atoms with Gasteiger partial charge in [0.2, 0.25) is 5.91 Å². The highest BCUT2D eigenvalue weighted by molar-refractivity contribution is 5.85. The fourth-order valence-corrected chi connectivity index (χ4v) is 3.27. The topological polar surface area (TPSA) is 57.6 Å². The van der Waals surface area contributed by atoms with Gasteiger partial charge in [0.15, 0.2) is 0 Å². The number of carbonyl (C=O) groups excluding carboxylic acids is 1. The first-order valence-corrected chi connectivity index (χ1v) is 7.92. The van der Waals surface area contributed by atoms with Gasteiger partial charge in [-0.25, -0.2) is 0 Å². The zero-order valence-electron chi connectivity index (χ0n) is 13.6. The minimum atomic E-state index is -0.827. The molecular weight excluding hydrogens is 278 g/mol. The summed E-state index contributed by atoms with van der Waals surface area (Å²) in [6, 6.07) is 9.77. The normalized spacial score (nSPS) is 23.4. The highest BCUT2D eigenvalue weighted by atomic mass is 16.4. The molecule has 0 aliphatic carbocycles. The number of hydrogen-bond donors (Lipinski definition) is 1. The zero-order chi connectivity index (χ0) is 16.3. The maximum absolute atomic E-state index is 13.0. The molecule has 4 heteroatoms. The van der Waals surface area contributed by atoms with E-state index in [1.807, 2.05) is 44.2 Å². The Morgan fingerprint density at radius 3 is 2.41 bits per heavy atom. The Hall–Kier alpha value is -1.84. The van der Waals surface area contributed by atoms with Crippen LogP contribution in [0.25, 0.3) is 0 Å². The number of carboxylic acids is 1. The Labute approximate surface area is 132 Å². The maximum atomic E-state index is 13.0. The van der Waals surface area contributed by atoms with Crippen LogP contribution in [0.4, 0.5) is 0 Å². The van der Waals surface area contributed by atoms with E-state index in [4.69, 9.17) is 0 Å². The lowest BCUT2D eigenvalue weighted by Crippen LogP contribution is -2.50. The smallest absolute Gasteiger partial charge is 0.311 e. The van der Waals surface area contributed by atoms with Crippen molar-refractivity contribution in [1.82, 2.24) is 4.90 Å². The number of aliphatic carboxylic acids is 1. The van der Waals surface area contributed by atoms with Crippen molar-refractivity contribution in [2.45, 2.75) is 39.5 Å². The minimum Gasteiger partial charge on any atom is -0.481 e. The first kappa shape index (κ1) is 16.5. The molecule has 4 nitrogen and oxygen atoms in total. The van der Waals surface area contributed by atoms with Gasteiger partial charge < -0.3 is 10.0 Å². The second-order valence-corrected chi connectivity index (χ2v) is 6.86. The van der Waals surface area contributed by atoms with Crippen molar-refractivity contribution < 1.29 is 14.7 Å². The van der Waals surface area contributed by atoms with E-state index in [1.165, 1.54) is 0 Å². The molecule has 1 amide bonds. The van der Waals surface area contributed by atoms with Crippen molar-refractivity contribution in [2.24, 2.45) is 11.3 Å². The molecule has 1 aromatic carbocycles. The lowest BCUT2D eigenvalue weighted by Gasteiger charge is -2.39. The monoisotopic (exact) mass is 303 g/mol. The van der Waals surface area contributed by atoms with Crippen LogP contribution in [0, 0.1) is 11.3 Å². The van der Waals surface area contributed by atoms with Gasteiger partial charge in [0, 0.05) is 13.1 Å². The molecule has 1 aliphatic heterocycles. The van der Waals surface area contributed by atoms with E-state index in [-0.39, 0.29) is 17.7 Å². The SMILES string of the molecule is CC(C)C(C(=O)N1CCCC(C)(C(=O)O)C1)c1ccccc1. The van der Waals surface area contributed by atoms with Gasteiger partial charge in [-0.2, -0.15) is 0 Å². The van der Waals surface area contributed by atoms with Crippen molar-refractivity contribution in [1.29, 1.82) is 0 Å². The summed E-state index contributed by atoms with van der Waals surface area (Å²) in [6.45, 7) is 6.77. The third-order valence-corrected chi connectivity index (χ3v) is 4.62. The molecule has 1 heterocycles. The molecule has 1 saturated heterocycles. The summed E-state index contributed by atoms with van der Waals surface area (Å²) in [6.07, 6.45) is 1.37. The second-order valence-electron chi connectivity index (χ2n) is 6.86. The van der Waals surface area contributed by atoms with Gasteiger partial charge in [-0.15, -0.1) is 0 Å². The average molecular weight is 303 g/mol. The number of nitrogens with zero attached hydrogens (tertiary/aromatic N) is 1. The molecular formula is C18H25NO3. The van der Waals surface area contributed by atoms with E-state index in [1.54, 1.807) is 11.8 Å². The summed E-state index contributed by atoms with van der Waals surface area (Å²) in [5.74, 6) is -0.801. The number of rotatable bonds is 4. The van der Waals surface area contributed by atoms with Crippen molar-refractivity contribution in [3.05, 3.63) is 35.9 Å². The van der Waals surface area contributed by atoms with Crippen molar-refractivity contribution >= 4 is 11.9 Å². The fraction of sp³-hybridized carbons (Fsp3) is 0.556. The Morgan fingerprint density at radius 1 is 1.23 bits per heavy atom. The van der Waals surface area contributed by atoms with Gasteiger partial charge in [-0.05, 0) is 31.2 Å². The Balaban J connectivity index is 2.23. The molecule has 1 fully saturated rings. The third kappa shape index (κ3) is 3.32. The van der Waals surface area contributed by atoms with Crippen LogP contribution in [-0.4, -0.2) is 35.0 Å². The molecule has 0 aromatic heterocycles. The summed E-state index contributed by atoms with van der Waals surface area (Å²) < 4.78 is 0. The summed E-state index contributed by atoms with van der Waals surface area (Å²) in [5, 5.41) is 9.42. The molecule has 0 radical (unpaired) electrons. The van der Waals surface area contributed by atoms with Crippen LogP contribution in [0.2, 0.25) is 0 Å². The summed E-state index contributed by atoms with van der Waals surface area (Å²) in [7, 11) is 0. The first-order chi connectivity index (χ1) is 10.3. The van der Waals surface area contributed by atoms with Crippen LogP contribution in [0.15, 0.2) is 30.3 Å². The van der Waals surface area contributed by atoms with Crippen LogP contribution in [0.3, 0.4) is 0 Å². The molecule has 2 rings (SSSR count). The van der Waals surface area contributed by atoms with Crippen LogP contribution in [0.5, 0.6) is 0 Å². The van der Waals surface area contributed by atoms with Crippen LogP contribution >= 0.6 is 0 Å². The average Bonchev–Trinajstić information content (AvgIpc) is 2.48. The van der Waals surface area contributed by atoms with Gasteiger partial charge in [0.05, 0.1) is 11.3 Å². The van der Waals surface area contributed by atoms with Gasteiger partial charge in [-0.1, -0.05) is 44.2 Å². The molecule has 2 atom stereocenters. The molecule has 0 spiro atoms. The molecule has 2 unspecified atom stereocenters. The van der Waals surface area contributed by atoms with E-state index in [2.05, 4.69) is 0 Å². The molecule has 120 valence electrons. The lowest BCUT2D eigenvalue weighted by molar-refractivity contribution is -0.154. The molecule has 22 heavy (non-hydrogen) atoms. The molecule has 1 N–H and O–H groups in total. The second kappa shape index (κ2) is 6.51. The van der Waals surface area contributed by atoms with Crippen LogP contribution in [0.1, 0.15) is 45.1 Å². The lowest BCUT2D eigenvalue weighted by atomic mass is 9.80. The predicted molar refractivity (Wildman–Crippen MR) is 85.6 cm³/mol. The van der Waals surface area contributed by atoms with Crippen LogP contribution in [-0.2, 0) is 9.59 Å². The van der Waals surface area contributed by atoms with E-state index in [9.17, 15) is 14.7 Å². The third-order valence-electron chi connectivity index (χ3n) is 4.62. The molecule has 1 aromatic rings. The van der Waals surface area contributed by atoms with E-state index >= 15 is 0 Å². The zero-order valence-corrected chi connectivity index (χ0v) is 13.6. The minimum absolute atomic E-state index is 0.0494. The molecule has 1 aliphatic rings. The number of benzene rings is 1. The highest BCUT2D eigenvalue weighted by Gasteiger charge is 2.41. The van der Waals surface area contributed by atoms with Gasteiger partial charge in [0.1, 0.15) is 0 Å². The van der Waals surface area contributed by atoms with Crippen LogP contribution < -0.4 is 0 Å². The highest BCUT2D eigenvalue weighted by Crippen LogP contribution is 2.33. The molecule has 0 saturated carbocycles. The Bertz CT molecular complexity index is 541. The summed E-state index contributed by atoms with van der Waals surface area (Å²) >= 11 is 0.